The van der Waals surface area contributed by atoms with E-state index in [1.54, 1.807) is 12.1 Å². The van der Waals surface area contributed by atoms with Crippen molar-refractivity contribution in [1.29, 1.82) is 0 Å². The molecule has 1 aromatic heterocycles. The predicted octanol–water partition coefficient (Wildman–Crippen LogP) is 3.52. The first kappa shape index (κ1) is 17.3. The summed E-state index contributed by atoms with van der Waals surface area (Å²) in [6.07, 6.45) is 2.95. The first-order chi connectivity index (χ1) is 12.0. The summed E-state index contributed by atoms with van der Waals surface area (Å²) < 4.78 is 6.70. The third-order valence-electron chi connectivity index (χ3n) is 3.54. The van der Waals surface area contributed by atoms with Crippen molar-refractivity contribution in [2.45, 2.75) is 0 Å². The molecule has 1 aromatic carbocycles. The van der Waals surface area contributed by atoms with Gasteiger partial charge >= 0.3 is 0 Å². The highest BCUT2D eigenvalue weighted by atomic mass is 79.9. The highest BCUT2D eigenvalue weighted by Crippen LogP contribution is 2.25. The van der Waals surface area contributed by atoms with Crippen LogP contribution in [0, 0.1) is 0 Å². The van der Waals surface area contributed by atoms with Crippen molar-refractivity contribution in [2.24, 2.45) is 0 Å². The van der Waals surface area contributed by atoms with E-state index in [9.17, 15) is 9.59 Å². The summed E-state index contributed by atoms with van der Waals surface area (Å²) in [5.41, 5.74) is 0.855. The van der Waals surface area contributed by atoms with E-state index in [2.05, 4.69) is 27.8 Å². The Balaban J connectivity index is 1.90. The van der Waals surface area contributed by atoms with Gasteiger partial charge in [0.1, 0.15) is 17.1 Å². The number of amides is 2. The van der Waals surface area contributed by atoms with Gasteiger partial charge in [0.15, 0.2) is 5.11 Å². The fraction of sp³-hybridized carbons (Fsp3) is 0.0556. The second-order valence-corrected chi connectivity index (χ2v) is 6.53. The molecule has 1 saturated heterocycles. The maximum atomic E-state index is 12.5. The first-order valence-corrected chi connectivity index (χ1v) is 8.55. The maximum absolute atomic E-state index is 12.5. The Labute approximate surface area is 158 Å². The molecule has 1 N–H and O–H groups in total. The van der Waals surface area contributed by atoms with Crippen molar-refractivity contribution >= 4 is 51.2 Å². The Hall–Kier alpha value is -2.51. The third-order valence-corrected chi connectivity index (χ3v) is 4.39. The second-order valence-electron chi connectivity index (χ2n) is 5.23. The lowest BCUT2D eigenvalue weighted by atomic mass is 10.1. The monoisotopic (exact) mass is 416 g/mol. The largest absolute Gasteiger partial charge is 0.457 e. The molecule has 2 heterocycles. The predicted molar refractivity (Wildman–Crippen MR) is 102 cm³/mol. The van der Waals surface area contributed by atoms with E-state index in [0.29, 0.717) is 11.5 Å². The summed E-state index contributed by atoms with van der Waals surface area (Å²) in [6, 6.07) is 11.1. The third kappa shape index (κ3) is 3.62. The van der Waals surface area contributed by atoms with Gasteiger partial charge in [-0.15, -0.1) is 6.58 Å². The van der Waals surface area contributed by atoms with E-state index in [0.717, 1.165) is 10.0 Å². The molecule has 5 nitrogen and oxygen atoms in total. The molecule has 1 fully saturated rings. The number of halogens is 1. The molecule has 0 radical (unpaired) electrons. The number of carbonyl (C=O) groups is 2. The minimum absolute atomic E-state index is 0.0350. The molecule has 0 spiro atoms. The van der Waals surface area contributed by atoms with Crippen LogP contribution in [0.2, 0.25) is 0 Å². The smallest absolute Gasteiger partial charge is 0.266 e. The average molecular weight is 417 g/mol. The number of furan rings is 1. The van der Waals surface area contributed by atoms with Crippen molar-refractivity contribution < 1.29 is 14.0 Å². The van der Waals surface area contributed by atoms with E-state index in [1.807, 2.05) is 24.3 Å². The molecule has 0 atom stereocenters. The van der Waals surface area contributed by atoms with E-state index in [4.69, 9.17) is 16.6 Å². The number of nitrogens with zero attached hydrogens (tertiary/aromatic N) is 1. The van der Waals surface area contributed by atoms with Gasteiger partial charge in [-0.1, -0.05) is 34.1 Å². The molecule has 1 aliphatic heterocycles. The standard InChI is InChI=1S/C18H13BrN2O3S/c1-2-9-21-17(23)14(16(22)20-18(21)25)10-13-7-8-15(24-13)11-3-5-12(19)6-4-11/h2-8,10H,1,9H2,(H,20,22,25). The summed E-state index contributed by atoms with van der Waals surface area (Å²) >= 11 is 8.39. The highest BCUT2D eigenvalue weighted by Gasteiger charge is 2.32. The van der Waals surface area contributed by atoms with Gasteiger partial charge in [0.2, 0.25) is 0 Å². The molecule has 0 saturated carbocycles. The Kier molecular flexibility index (Phi) is 4.96. The fourth-order valence-corrected chi connectivity index (χ4v) is 2.85. The van der Waals surface area contributed by atoms with E-state index in [1.165, 1.54) is 17.1 Å². The Morgan fingerprint density at radius 1 is 1.20 bits per heavy atom. The number of hydrogen-bond acceptors (Lipinski definition) is 4. The van der Waals surface area contributed by atoms with Gasteiger partial charge in [0, 0.05) is 16.6 Å². The number of thiocarbonyl (C=S) groups is 1. The van der Waals surface area contributed by atoms with Crippen LogP contribution in [0.4, 0.5) is 0 Å². The number of rotatable bonds is 4. The minimum Gasteiger partial charge on any atom is -0.457 e. The van der Waals surface area contributed by atoms with Crippen LogP contribution in [-0.4, -0.2) is 28.4 Å². The second kappa shape index (κ2) is 7.16. The van der Waals surface area contributed by atoms with Crippen molar-refractivity contribution in [3.05, 3.63) is 64.9 Å². The molecule has 7 heteroatoms. The summed E-state index contributed by atoms with van der Waals surface area (Å²) in [5, 5.41) is 2.57. The number of carbonyl (C=O) groups excluding carboxylic acids is 2. The summed E-state index contributed by atoms with van der Waals surface area (Å²) in [5.74, 6) is 0.0245. The van der Waals surface area contributed by atoms with Crippen molar-refractivity contribution in [3.8, 4) is 11.3 Å². The van der Waals surface area contributed by atoms with Gasteiger partial charge < -0.3 is 4.42 Å². The van der Waals surface area contributed by atoms with Crippen LogP contribution in [0.1, 0.15) is 5.76 Å². The van der Waals surface area contributed by atoms with Crippen molar-refractivity contribution in [3.63, 3.8) is 0 Å². The maximum Gasteiger partial charge on any atom is 0.266 e. The van der Waals surface area contributed by atoms with Gasteiger partial charge in [-0.3, -0.25) is 19.8 Å². The molecule has 2 aromatic rings. The molecule has 3 rings (SSSR count). The van der Waals surface area contributed by atoms with Crippen LogP contribution < -0.4 is 5.32 Å². The molecule has 0 aliphatic carbocycles. The van der Waals surface area contributed by atoms with Gasteiger partial charge in [0.05, 0.1) is 0 Å². The summed E-state index contributed by atoms with van der Waals surface area (Å²) in [6.45, 7) is 3.81. The zero-order valence-corrected chi connectivity index (χ0v) is 15.4. The molecule has 126 valence electrons. The van der Waals surface area contributed by atoms with Crippen LogP contribution in [0.25, 0.3) is 17.4 Å². The normalized spacial score (nSPS) is 16.3. The fourth-order valence-electron chi connectivity index (χ4n) is 2.33. The number of nitrogens with one attached hydrogen (secondary N) is 1. The zero-order chi connectivity index (χ0) is 18.0. The Morgan fingerprint density at radius 2 is 1.92 bits per heavy atom. The van der Waals surface area contributed by atoms with E-state index in [-0.39, 0.29) is 17.2 Å². The van der Waals surface area contributed by atoms with Crippen LogP contribution in [0.3, 0.4) is 0 Å². The number of hydrogen-bond donors (Lipinski definition) is 1. The lowest BCUT2D eigenvalue weighted by Gasteiger charge is -2.27. The Bertz CT molecular complexity index is 899. The van der Waals surface area contributed by atoms with Crippen LogP contribution in [0.5, 0.6) is 0 Å². The SMILES string of the molecule is C=CCN1C(=O)C(=Cc2ccc(-c3ccc(Br)cc3)o2)C(=O)NC1=S. The first-order valence-electron chi connectivity index (χ1n) is 7.35. The highest BCUT2D eigenvalue weighted by molar-refractivity contribution is 9.10. The van der Waals surface area contributed by atoms with E-state index < -0.39 is 11.8 Å². The van der Waals surface area contributed by atoms with Crippen molar-refractivity contribution in [1.82, 2.24) is 10.2 Å². The summed E-state index contributed by atoms with van der Waals surface area (Å²) in [4.78, 5) is 25.8. The summed E-state index contributed by atoms with van der Waals surface area (Å²) in [7, 11) is 0. The van der Waals surface area contributed by atoms with Gasteiger partial charge in [0.25, 0.3) is 11.8 Å². The number of benzene rings is 1. The molecule has 1 aliphatic rings. The topological polar surface area (TPSA) is 62.6 Å². The van der Waals surface area contributed by atoms with Crippen LogP contribution in [-0.2, 0) is 9.59 Å². The van der Waals surface area contributed by atoms with Crippen LogP contribution in [0.15, 0.2) is 63.5 Å². The van der Waals surface area contributed by atoms with E-state index >= 15 is 0 Å². The zero-order valence-electron chi connectivity index (χ0n) is 13.0. The average Bonchev–Trinajstić information content (AvgIpc) is 3.05. The quantitative estimate of drug-likeness (QED) is 0.358. The van der Waals surface area contributed by atoms with Crippen molar-refractivity contribution in [2.75, 3.05) is 6.54 Å². The lowest BCUT2D eigenvalue weighted by molar-refractivity contribution is -0.128. The van der Waals surface area contributed by atoms with Gasteiger partial charge in [-0.25, -0.2) is 0 Å². The van der Waals surface area contributed by atoms with Gasteiger partial charge in [-0.05, 0) is 42.6 Å². The molecule has 25 heavy (non-hydrogen) atoms. The molecular weight excluding hydrogens is 404 g/mol. The molecule has 2 amide bonds. The molecule has 0 unspecified atom stereocenters. The molecular formula is C18H13BrN2O3S. The Morgan fingerprint density at radius 3 is 2.60 bits per heavy atom. The molecule has 0 bridgehead atoms. The van der Waals surface area contributed by atoms with Gasteiger partial charge in [-0.2, -0.15) is 0 Å². The lowest BCUT2D eigenvalue weighted by Crippen LogP contribution is -2.53. The minimum atomic E-state index is -0.545. The van der Waals surface area contributed by atoms with Crippen LogP contribution >= 0.6 is 28.1 Å².